The molecule has 6 rings (SSSR count). The summed E-state index contributed by atoms with van der Waals surface area (Å²) in [5.74, 6) is -4.22. The molecule has 10 nitrogen and oxygen atoms in total. The van der Waals surface area contributed by atoms with Crippen LogP contribution in [0.25, 0.3) is 22.3 Å². The molecule has 10 heteroatoms. The highest BCUT2D eigenvalue weighted by Crippen LogP contribution is 2.24. The number of hydrogen-bond acceptors (Lipinski definition) is 7. The fraction of sp³-hybridized carbons (Fsp3) is 0. The fourth-order valence-corrected chi connectivity index (χ4v) is 4.28. The van der Waals surface area contributed by atoms with Crippen molar-refractivity contribution in [2.24, 2.45) is 0 Å². The van der Waals surface area contributed by atoms with Crippen molar-refractivity contribution in [3.8, 4) is 33.8 Å². The van der Waals surface area contributed by atoms with Crippen LogP contribution in [0, 0.1) is 0 Å². The van der Waals surface area contributed by atoms with Gasteiger partial charge < -0.3 is 35.4 Å². The van der Waals surface area contributed by atoms with Gasteiger partial charge in [-0.2, -0.15) is 0 Å². The summed E-state index contributed by atoms with van der Waals surface area (Å²) in [6.45, 7) is 0. The van der Waals surface area contributed by atoms with Crippen molar-refractivity contribution >= 4 is 23.9 Å². The molecule has 5 N–H and O–H groups in total. The van der Waals surface area contributed by atoms with Crippen LogP contribution in [0.2, 0.25) is 0 Å². The van der Waals surface area contributed by atoms with Gasteiger partial charge in [0, 0.05) is 5.56 Å². The zero-order chi connectivity index (χ0) is 36.5. The molecule has 6 aromatic rings. The maximum atomic E-state index is 11.0. The van der Waals surface area contributed by atoms with Gasteiger partial charge in [-0.05, 0) is 70.8 Å². The molecule has 0 fully saturated rings. The zero-order valence-corrected chi connectivity index (χ0v) is 26.3. The van der Waals surface area contributed by atoms with E-state index >= 15 is 0 Å². The number of benzene rings is 6. The van der Waals surface area contributed by atoms with E-state index < -0.39 is 23.9 Å². The molecule has 0 unspecified atom stereocenters. The summed E-state index contributed by atoms with van der Waals surface area (Å²) in [4.78, 5) is 43.1. The largest absolute Gasteiger partial charge is 0.545 e. The number of para-hydroxylation sites is 1. The Bertz CT molecular complexity index is 2010. The highest BCUT2D eigenvalue weighted by Gasteiger charge is 2.16. The van der Waals surface area contributed by atoms with Crippen molar-refractivity contribution in [2.75, 3.05) is 0 Å². The lowest BCUT2D eigenvalue weighted by molar-refractivity contribution is -0.254. The second-order valence-electron chi connectivity index (χ2n) is 10.1. The van der Waals surface area contributed by atoms with Gasteiger partial charge in [-0.1, -0.05) is 109 Å². The minimum absolute atomic E-state index is 0.0741. The van der Waals surface area contributed by atoms with Gasteiger partial charge in [0.2, 0.25) is 0 Å². The van der Waals surface area contributed by atoms with Gasteiger partial charge in [0.25, 0.3) is 0 Å². The van der Waals surface area contributed by atoms with E-state index in [0.29, 0.717) is 16.9 Å². The third-order valence-corrected chi connectivity index (χ3v) is 6.69. The van der Waals surface area contributed by atoms with Crippen LogP contribution < -0.4 is 5.11 Å². The molecule has 0 saturated carbocycles. The van der Waals surface area contributed by atoms with Crippen LogP contribution in [-0.2, 0) is 0 Å². The minimum atomic E-state index is -1.25. The minimum Gasteiger partial charge on any atom is -0.545 e. The monoisotopic (exact) mass is 671 g/mol. The van der Waals surface area contributed by atoms with E-state index in [4.69, 9.17) is 25.5 Å². The van der Waals surface area contributed by atoms with Gasteiger partial charge in [-0.3, -0.25) is 0 Å². The van der Waals surface area contributed by atoms with Crippen molar-refractivity contribution in [1.29, 1.82) is 0 Å². The van der Waals surface area contributed by atoms with Crippen LogP contribution in [0.5, 0.6) is 11.5 Å². The maximum Gasteiger partial charge on any atom is 0.336 e. The molecule has 0 heterocycles. The average Bonchev–Trinajstić information content (AvgIpc) is 3.13. The molecule has 0 aliphatic rings. The molecule has 0 aromatic heterocycles. The number of carboxylic acids is 4. The van der Waals surface area contributed by atoms with Gasteiger partial charge in [0.1, 0.15) is 11.5 Å². The van der Waals surface area contributed by atoms with Crippen LogP contribution in [0.1, 0.15) is 41.4 Å². The quantitative estimate of drug-likeness (QED) is 0.124. The molecule has 6 aromatic carbocycles. The van der Waals surface area contributed by atoms with Gasteiger partial charge in [-0.15, -0.1) is 0 Å². The van der Waals surface area contributed by atoms with E-state index in [-0.39, 0.29) is 28.0 Å². The highest BCUT2D eigenvalue weighted by molar-refractivity contribution is 6.02. The topological polar surface area (TPSA) is 192 Å². The first-order valence-electron chi connectivity index (χ1n) is 14.8. The Balaban J connectivity index is 0.000000190. The van der Waals surface area contributed by atoms with Gasteiger partial charge in [0.05, 0.1) is 22.7 Å². The number of carbonyl (C=O) groups is 4. The van der Waals surface area contributed by atoms with Crippen LogP contribution in [0.3, 0.4) is 0 Å². The predicted molar refractivity (Wildman–Crippen MR) is 185 cm³/mol. The third kappa shape index (κ3) is 11.6. The summed E-state index contributed by atoms with van der Waals surface area (Å²) in [5, 5.41) is 54.6. The van der Waals surface area contributed by atoms with E-state index in [1.807, 2.05) is 72.8 Å². The number of carbonyl (C=O) groups excluding carboxylic acids is 1. The number of carboxylic acid groups (broad SMARTS) is 4. The lowest BCUT2D eigenvalue weighted by Crippen LogP contribution is -2.22. The van der Waals surface area contributed by atoms with Gasteiger partial charge in [0.15, 0.2) is 0 Å². The summed E-state index contributed by atoms with van der Waals surface area (Å²) in [5.41, 5.74) is 3.10. The number of aromatic carboxylic acids is 4. The second-order valence-corrected chi connectivity index (χ2v) is 10.1. The molecule has 0 atom stereocenters. The number of phenols is 2. The van der Waals surface area contributed by atoms with Crippen LogP contribution in [0.4, 0.5) is 0 Å². The molecule has 0 aliphatic carbocycles. The normalized spacial score (nSPS) is 9.60. The molecule has 0 aliphatic heterocycles. The van der Waals surface area contributed by atoms with Gasteiger partial charge >= 0.3 is 17.9 Å². The first kappa shape index (κ1) is 37.3. The van der Waals surface area contributed by atoms with E-state index in [2.05, 4.69) is 0 Å². The zero-order valence-electron chi connectivity index (χ0n) is 26.3. The molecule has 252 valence electrons. The van der Waals surface area contributed by atoms with Crippen LogP contribution in [0.15, 0.2) is 158 Å². The average molecular weight is 672 g/mol. The Morgan fingerprint density at radius 1 is 0.400 bits per heavy atom. The van der Waals surface area contributed by atoms with Crippen molar-refractivity contribution in [3.05, 3.63) is 180 Å². The Hall–Kier alpha value is -7.20. The SMILES string of the molecule is O=C(O)c1ccc(-c2ccccc2)cc1C(=O)O.O=C(O)c1ccc(O)cc1.O=C([O-])c1ccccc1-c1ccccc1.Oc1ccccc1. The molecule has 0 amide bonds. The first-order chi connectivity index (χ1) is 24.0. The predicted octanol–water partition coefficient (Wildman–Crippen LogP) is 6.95. The fourth-order valence-electron chi connectivity index (χ4n) is 4.28. The number of rotatable bonds is 6. The number of aromatic hydroxyl groups is 2. The van der Waals surface area contributed by atoms with Crippen molar-refractivity contribution < 1.29 is 49.8 Å². The highest BCUT2D eigenvalue weighted by atomic mass is 16.4. The number of hydrogen-bond donors (Lipinski definition) is 5. The summed E-state index contributed by atoms with van der Waals surface area (Å²) in [6, 6.07) is 43.8. The maximum absolute atomic E-state index is 11.0. The van der Waals surface area contributed by atoms with Crippen LogP contribution >= 0.6 is 0 Å². The molecule has 0 radical (unpaired) electrons. The van der Waals surface area contributed by atoms with E-state index in [1.54, 1.807) is 48.5 Å². The molecule has 0 spiro atoms. The van der Waals surface area contributed by atoms with Crippen molar-refractivity contribution in [3.63, 3.8) is 0 Å². The van der Waals surface area contributed by atoms with E-state index in [9.17, 15) is 24.3 Å². The summed E-state index contributed by atoms with van der Waals surface area (Å²) in [6.07, 6.45) is 0. The Morgan fingerprint density at radius 2 is 0.860 bits per heavy atom. The molecule has 0 saturated heterocycles. The van der Waals surface area contributed by atoms with Crippen LogP contribution in [-0.4, -0.2) is 49.4 Å². The summed E-state index contributed by atoms with van der Waals surface area (Å²) < 4.78 is 0. The Labute approximate surface area is 287 Å². The Kier molecular flexibility index (Phi) is 14.0. The van der Waals surface area contributed by atoms with E-state index in [0.717, 1.165) is 11.1 Å². The number of phenolic OH excluding ortho intramolecular Hbond substituents is 2. The van der Waals surface area contributed by atoms with Crippen molar-refractivity contribution in [2.45, 2.75) is 0 Å². The molecular weight excluding hydrogens is 640 g/mol. The smallest absolute Gasteiger partial charge is 0.336 e. The standard InChI is InChI=1S/C14H10O4.C13H10O2.C7H6O3.C6H6O/c15-13(16)11-7-6-10(8-12(11)14(17)18)9-4-2-1-3-5-9;14-13(15)12-9-5-4-8-11(12)10-6-2-1-3-7-10;8-6-3-1-5(2-4-6)7(9)10;7-6-4-2-1-3-5-6/h1-8H,(H,15,16)(H,17,18);1-9H,(H,14,15);1-4,8H,(H,9,10);1-5,7H/p-1. The third-order valence-electron chi connectivity index (χ3n) is 6.69. The lowest BCUT2D eigenvalue weighted by Gasteiger charge is -2.09. The van der Waals surface area contributed by atoms with Gasteiger partial charge in [-0.25, -0.2) is 14.4 Å². The lowest BCUT2D eigenvalue weighted by atomic mass is 9.99. The Morgan fingerprint density at radius 3 is 1.32 bits per heavy atom. The van der Waals surface area contributed by atoms with Crippen molar-refractivity contribution in [1.82, 2.24) is 0 Å². The molecule has 0 bridgehead atoms. The molecule has 50 heavy (non-hydrogen) atoms. The summed E-state index contributed by atoms with van der Waals surface area (Å²) in [7, 11) is 0. The second kappa shape index (κ2) is 18.8. The first-order valence-corrected chi connectivity index (χ1v) is 14.8. The van der Waals surface area contributed by atoms with E-state index in [1.165, 1.54) is 36.4 Å². The summed E-state index contributed by atoms with van der Waals surface area (Å²) >= 11 is 0. The molecular formula is C40H31O10-.